The molecule has 0 bridgehead atoms. The molecule has 0 amide bonds. The second-order valence-electron chi connectivity index (χ2n) is 10.5. The van der Waals surface area contributed by atoms with E-state index in [1.165, 1.54) is 0 Å². The molecule has 6 nitrogen and oxygen atoms in total. The predicted molar refractivity (Wildman–Crippen MR) is 143 cm³/mol. The minimum atomic E-state index is -2.36. The van der Waals surface area contributed by atoms with Gasteiger partial charge in [-0.3, -0.25) is 0 Å². The Labute approximate surface area is 215 Å². The van der Waals surface area contributed by atoms with Crippen molar-refractivity contribution in [3.63, 3.8) is 0 Å². The number of hydrogen-bond donors (Lipinski definition) is 6. The monoisotopic (exact) mass is 500 g/mol. The standard InChI is InChI=1S/C30H44O6/c1-8-9-10-29(35,15-24-13-20(4)18(2)11-22(24)6)28(34)30(36,27(33)26(32)17-31)16-25-14-21(5)19(3)12-23(25)7/h8-9,11-14,26-28,31-36H,10,15-17H2,1-7H3/b9-8+/t26-,27+,28+,29?,30+/m0/s1. The molecular weight excluding hydrogens is 456 g/mol. The summed E-state index contributed by atoms with van der Waals surface area (Å²) in [4.78, 5) is 0. The first kappa shape index (κ1) is 30.2. The van der Waals surface area contributed by atoms with E-state index in [2.05, 4.69) is 0 Å². The Kier molecular flexibility index (Phi) is 10.0. The fourth-order valence-corrected chi connectivity index (χ4v) is 4.92. The van der Waals surface area contributed by atoms with Crippen molar-refractivity contribution in [2.75, 3.05) is 6.61 Å². The van der Waals surface area contributed by atoms with Crippen LogP contribution in [0.3, 0.4) is 0 Å². The van der Waals surface area contributed by atoms with E-state index in [9.17, 15) is 30.6 Å². The lowest BCUT2D eigenvalue weighted by Crippen LogP contribution is -2.66. The van der Waals surface area contributed by atoms with Crippen LogP contribution < -0.4 is 0 Å². The molecule has 0 fully saturated rings. The molecule has 0 aliphatic carbocycles. The molecule has 0 spiro atoms. The van der Waals surface area contributed by atoms with Crippen LogP contribution in [0.5, 0.6) is 0 Å². The number of allylic oxidation sites excluding steroid dienone is 1. The lowest BCUT2D eigenvalue weighted by atomic mass is 9.71. The zero-order valence-corrected chi connectivity index (χ0v) is 22.7. The number of aliphatic hydroxyl groups is 6. The van der Waals surface area contributed by atoms with Crippen molar-refractivity contribution in [1.29, 1.82) is 0 Å². The van der Waals surface area contributed by atoms with Gasteiger partial charge in [0.15, 0.2) is 0 Å². The van der Waals surface area contributed by atoms with Crippen LogP contribution in [0.2, 0.25) is 0 Å². The Morgan fingerprint density at radius 2 is 1.17 bits per heavy atom. The maximum absolute atomic E-state index is 11.9. The fourth-order valence-electron chi connectivity index (χ4n) is 4.92. The third kappa shape index (κ3) is 6.43. The number of hydrogen-bond acceptors (Lipinski definition) is 6. The van der Waals surface area contributed by atoms with Crippen LogP contribution in [0.1, 0.15) is 57.9 Å². The first-order valence-electron chi connectivity index (χ1n) is 12.5. The molecule has 5 atom stereocenters. The molecule has 36 heavy (non-hydrogen) atoms. The maximum Gasteiger partial charge on any atom is 0.126 e. The normalized spacial score (nSPS) is 18.0. The highest BCUT2D eigenvalue weighted by atomic mass is 16.4. The van der Waals surface area contributed by atoms with Gasteiger partial charge in [0.1, 0.15) is 29.5 Å². The summed E-state index contributed by atoms with van der Waals surface area (Å²) in [7, 11) is 0. The summed E-state index contributed by atoms with van der Waals surface area (Å²) in [5.41, 5.74) is 3.20. The summed E-state index contributed by atoms with van der Waals surface area (Å²) in [6.45, 7) is 12.7. The molecule has 0 radical (unpaired) electrons. The van der Waals surface area contributed by atoms with E-state index >= 15 is 0 Å². The molecule has 0 aliphatic heterocycles. The van der Waals surface area contributed by atoms with Crippen LogP contribution in [0.25, 0.3) is 0 Å². The molecule has 0 heterocycles. The SMILES string of the molecule is C/C=C/CC(O)(Cc1cc(C)c(C)cc1C)[C@@H](O)[C@@](O)(Cc1cc(C)c(C)cc1C)[C@H](O)[C@@H](O)CO. The van der Waals surface area contributed by atoms with Gasteiger partial charge in [-0.1, -0.05) is 36.4 Å². The van der Waals surface area contributed by atoms with Crippen molar-refractivity contribution in [1.82, 2.24) is 0 Å². The molecule has 2 aromatic rings. The molecule has 0 aromatic heterocycles. The van der Waals surface area contributed by atoms with Crippen molar-refractivity contribution >= 4 is 0 Å². The Morgan fingerprint density at radius 3 is 1.61 bits per heavy atom. The highest BCUT2D eigenvalue weighted by molar-refractivity contribution is 5.39. The quantitative estimate of drug-likeness (QED) is 0.264. The van der Waals surface area contributed by atoms with Gasteiger partial charge in [-0.15, -0.1) is 0 Å². The highest BCUT2D eigenvalue weighted by Crippen LogP contribution is 2.36. The fraction of sp³-hybridized carbons (Fsp3) is 0.533. The lowest BCUT2D eigenvalue weighted by Gasteiger charge is -2.46. The van der Waals surface area contributed by atoms with Crippen molar-refractivity contribution in [3.05, 3.63) is 80.9 Å². The van der Waals surface area contributed by atoms with E-state index in [4.69, 9.17) is 0 Å². The topological polar surface area (TPSA) is 121 Å². The van der Waals surface area contributed by atoms with Gasteiger partial charge >= 0.3 is 0 Å². The van der Waals surface area contributed by atoms with E-state index in [1.807, 2.05) is 65.8 Å². The van der Waals surface area contributed by atoms with Crippen LogP contribution in [0, 0.1) is 41.5 Å². The van der Waals surface area contributed by atoms with Gasteiger partial charge in [0.2, 0.25) is 0 Å². The van der Waals surface area contributed by atoms with Gasteiger partial charge in [0.05, 0.1) is 6.61 Å². The molecule has 0 saturated carbocycles. The van der Waals surface area contributed by atoms with Gasteiger partial charge in [0.25, 0.3) is 0 Å². The van der Waals surface area contributed by atoms with Crippen LogP contribution in [0.4, 0.5) is 0 Å². The highest BCUT2D eigenvalue weighted by Gasteiger charge is 2.54. The minimum Gasteiger partial charge on any atom is -0.394 e. The predicted octanol–water partition coefficient (Wildman–Crippen LogP) is 2.83. The van der Waals surface area contributed by atoms with Gasteiger partial charge in [-0.2, -0.15) is 0 Å². The van der Waals surface area contributed by atoms with E-state index in [0.29, 0.717) is 5.56 Å². The molecule has 6 N–H and O–H groups in total. The van der Waals surface area contributed by atoms with E-state index in [-0.39, 0.29) is 19.3 Å². The van der Waals surface area contributed by atoms with Gasteiger partial charge in [-0.25, -0.2) is 0 Å². The van der Waals surface area contributed by atoms with Crippen molar-refractivity contribution < 1.29 is 30.6 Å². The third-order valence-corrected chi connectivity index (χ3v) is 7.63. The van der Waals surface area contributed by atoms with Gasteiger partial charge in [0, 0.05) is 12.8 Å². The summed E-state index contributed by atoms with van der Waals surface area (Å²) < 4.78 is 0. The first-order chi connectivity index (χ1) is 16.7. The number of aryl methyl sites for hydroxylation is 6. The van der Waals surface area contributed by atoms with E-state index in [1.54, 1.807) is 19.1 Å². The summed E-state index contributed by atoms with van der Waals surface area (Å²) in [6.07, 6.45) is -2.26. The van der Waals surface area contributed by atoms with Crippen molar-refractivity contribution in [2.24, 2.45) is 0 Å². The summed E-state index contributed by atoms with van der Waals surface area (Å²) in [5, 5.41) is 66.4. The average Bonchev–Trinajstić information content (AvgIpc) is 2.83. The summed E-state index contributed by atoms with van der Waals surface area (Å²) in [5.74, 6) is 0. The van der Waals surface area contributed by atoms with E-state index in [0.717, 1.165) is 38.9 Å². The second-order valence-corrected chi connectivity index (χ2v) is 10.5. The van der Waals surface area contributed by atoms with Gasteiger partial charge in [-0.05, 0) is 99.4 Å². The molecule has 6 heteroatoms. The van der Waals surface area contributed by atoms with Gasteiger partial charge < -0.3 is 30.6 Å². The molecule has 2 rings (SSSR count). The minimum absolute atomic E-state index is 0.00713. The molecule has 0 aliphatic rings. The first-order valence-corrected chi connectivity index (χ1v) is 12.5. The Balaban J connectivity index is 2.65. The number of aliphatic hydroxyl groups excluding tert-OH is 4. The maximum atomic E-state index is 11.9. The molecular formula is C30H44O6. The van der Waals surface area contributed by atoms with Crippen molar-refractivity contribution in [3.8, 4) is 0 Å². The van der Waals surface area contributed by atoms with Crippen LogP contribution in [-0.2, 0) is 12.8 Å². The number of rotatable bonds is 11. The van der Waals surface area contributed by atoms with E-state index < -0.39 is 36.1 Å². The van der Waals surface area contributed by atoms with Crippen LogP contribution in [-0.4, -0.2) is 66.8 Å². The Bertz CT molecular complexity index is 1080. The molecule has 0 saturated heterocycles. The smallest absolute Gasteiger partial charge is 0.126 e. The molecule has 200 valence electrons. The average molecular weight is 501 g/mol. The Morgan fingerprint density at radius 1 is 0.722 bits per heavy atom. The largest absolute Gasteiger partial charge is 0.394 e. The molecule has 1 unspecified atom stereocenters. The Hall–Kier alpha value is -2.06. The zero-order chi connectivity index (χ0) is 27.4. The zero-order valence-electron chi connectivity index (χ0n) is 22.7. The van der Waals surface area contributed by atoms with Crippen LogP contribution in [0.15, 0.2) is 36.4 Å². The second kappa shape index (κ2) is 12.0. The lowest BCUT2D eigenvalue weighted by molar-refractivity contribution is -0.228. The third-order valence-electron chi connectivity index (χ3n) is 7.63. The summed E-state index contributed by atoms with van der Waals surface area (Å²) >= 11 is 0. The van der Waals surface area contributed by atoms with Crippen molar-refractivity contribution in [2.45, 2.75) is 97.2 Å². The summed E-state index contributed by atoms with van der Waals surface area (Å²) in [6, 6.07) is 7.81. The molecule has 2 aromatic carbocycles. The number of benzene rings is 2. The van der Waals surface area contributed by atoms with Crippen LogP contribution >= 0.6 is 0 Å².